The van der Waals surface area contributed by atoms with Crippen LogP contribution >= 0.6 is 0 Å². The van der Waals surface area contributed by atoms with Crippen LogP contribution in [0.15, 0.2) is 11.6 Å². The predicted molar refractivity (Wildman–Crippen MR) is 60.1 cm³/mol. The van der Waals surface area contributed by atoms with Gasteiger partial charge in [0.15, 0.2) is 0 Å². The van der Waals surface area contributed by atoms with Gasteiger partial charge in [-0.15, -0.1) is 0 Å². The lowest BCUT2D eigenvalue weighted by Gasteiger charge is -2.34. The van der Waals surface area contributed by atoms with Crippen LogP contribution in [0.25, 0.3) is 0 Å². The molecule has 1 amide bonds. The standard InChI is InChI=1S/C11H18N2O3/c1-3-12-4-6-13(7-5-12)11(16)9(2)8-10(14)15/h8H,3-7H2,1-2H3,(H,14,15)/b9-8+. The van der Waals surface area contributed by atoms with Crippen molar-refractivity contribution < 1.29 is 14.7 Å². The number of hydrogen-bond donors (Lipinski definition) is 1. The maximum absolute atomic E-state index is 11.8. The molecule has 5 nitrogen and oxygen atoms in total. The van der Waals surface area contributed by atoms with E-state index in [1.807, 2.05) is 0 Å². The summed E-state index contributed by atoms with van der Waals surface area (Å²) in [5.41, 5.74) is 0.289. The van der Waals surface area contributed by atoms with Gasteiger partial charge in [-0.1, -0.05) is 6.92 Å². The number of piperazine rings is 1. The van der Waals surface area contributed by atoms with Crippen molar-refractivity contribution in [2.45, 2.75) is 13.8 Å². The molecule has 5 heteroatoms. The first-order valence-electron chi connectivity index (χ1n) is 5.47. The summed E-state index contributed by atoms with van der Waals surface area (Å²) in [6.07, 6.45) is 0.967. The number of carbonyl (C=O) groups is 2. The molecule has 0 aromatic rings. The molecule has 0 aliphatic carbocycles. The Morgan fingerprint density at radius 2 is 1.81 bits per heavy atom. The van der Waals surface area contributed by atoms with E-state index in [0.717, 1.165) is 25.7 Å². The van der Waals surface area contributed by atoms with E-state index < -0.39 is 5.97 Å². The van der Waals surface area contributed by atoms with E-state index in [0.29, 0.717) is 13.1 Å². The number of likely N-dealkylation sites (N-methyl/N-ethyl adjacent to an activating group) is 1. The summed E-state index contributed by atoms with van der Waals surface area (Å²) in [4.78, 5) is 26.2. The Morgan fingerprint density at radius 3 is 2.25 bits per heavy atom. The molecule has 0 unspecified atom stereocenters. The highest BCUT2D eigenvalue weighted by molar-refractivity contribution is 5.98. The van der Waals surface area contributed by atoms with Crippen LogP contribution in [-0.4, -0.2) is 59.5 Å². The Labute approximate surface area is 95.3 Å². The van der Waals surface area contributed by atoms with Crippen LogP contribution in [-0.2, 0) is 9.59 Å². The summed E-state index contributed by atoms with van der Waals surface area (Å²) in [5.74, 6) is -1.24. The van der Waals surface area contributed by atoms with Gasteiger partial charge in [-0.2, -0.15) is 0 Å². The Hall–Kier alpha value is -1.36. The third-order valence-corrected chi connectivity index (χ3v) is 2.78. The summed E-state index contributed by atoms with van der Waals surface area (Å²) in [5, 5.41) is 8.56. The molecule has 0 saturated carbocycles. The van der Waals surface area contributed by atoms with Crippen molar-refractivity contribution in [2.24, 2.45) is 0 Å². The number of aliphatic carboxylic acids is 1. The van der Waals surface area contributed by atoms with Gasteiger partial charge in [0.1, 0.15) is 0 Å². The van der Waals surface area contributed by atoms with Crippen molar-refractivity contribution in [1.29, 1.82) is 0 Å². The quantitative estimate of drug-likeness (QED) is 0.697. The molecule has 1 aliphatic rings. The number of carboxylic acids is 1. The second-order valence-corrected chi connectivity index (χ2v) is 3.89. The third kappa shape index (κ3) is 3.34. The lowest BCUT2D eigenvalue weighted by molar-refractivity contribution is -0.133. The molecule has 90 valence electrons. The predicted octanol–water partition coefficient (Wildman–Crippen LogP) is 0.181. The molecule has 1 saturated heterocycles. The molecule has 0 atom stereocenters. The van der Waals surface area contributed by atoms with Gasteiger partial charge < -0.3 is 14.9 Å². The molecule has 1 aliphatic heterocycles. The van der Waals surface area contributed by atoms with Gasteiger partial charge >= 0.3 is 5.97 Å². The molecule has 0 aromatic heterocycles. The van der Waals surface area contributed by atoms with Gasteiger partial charge in [-0.25, -0.2) is 4.79 Å². The molecule has 0 aromatic carbocycles. The lowest BCUT2D eigenvalue weighted by atomic mass is 10.2. The van der Waals surface area contributed by atoms with E-state index >= 15 is 0 Å². The van der Waals surface area contributed by atoms with Crippen LogP contribution < -0.4 is 0 Å². The average molecular weight is 226 g/mol. The van der Waals surface area contributed by atoms with Crippen molar-refractivity contribution in [3.8, 4) is 0 Å². The van der Waals surface area contributed by atoms with Gasteiger partial charge in [0.2, 0.25) is 5.91 Å². The molecular weight excluding hydrogens is 208 g/mol. The molecule has 0 radical (unpaired) electrons. The van der Waals surface area contributed by atoms with Crippen LogP contribution in [0.4, 0.5) is 0 Å². The van der Waals surface area contributed by atoms with E-state index in [1.165, 1.54) is 0 Å². The van der Waals surface area contributed by atoms with Gasteiger partial charge in [-0.3, -0.25) is 4.79 Å². The average Bonchev–Trinajstić information content (AvgIpc) is 2.27. The minimum atomic E-state index is -1.07. The first-order valence-corrected chi connectivity index (χ1v) is 5.47. The topological polar surface area (TPSA) is 60.9 Å². The molecule has 1 N–H and O–H groups in total. The Balaban J connectivity index is 2.53. The summed E-state index contributed by atoms with van der Waals surface area (Å²) in [6.45, 7) is 7.71. The molecular formula is C11H18N2O3. The lowest BCUT2D eigenvalue weighted by Crippen LogP contribution is -2.48. The molecule has 1 heterocycles. The highest BCUT2D eigenvalue weighted by atomic mass is 16.4. The smallest absolute Gasteiger partial charge is 0.328 e. The van der Waals surface area contributed by atoms with Gasteiger partial charge in [0.25, 0.3) is 0 Å². The number of carbonyl (C=O) groups excluding carboxylic acids is 1. The van der Waals surface area contributed by atoms with E-state index in [1.54, 1.807) is 11.8 Å². The van der Waals surface area contributed by atoms with Gasteiger partial charge in [0, 0.05) is 37.8 Å². The van der Waals surface area contributed by atoms with E-state index in [9.17, 15) is 9.59 Å². The van der Waals surface area contributed by atoms with Crippen molar-refractivity contribution in [1.82, 2.24) is 9.80 Å². The monoisotopic (exact) mass is 226 g/mol. The minimum absolute atomic E-state index is 0.168. The maximum Gasteiger partial charge on any atom is 0.328 e. The Morgan fingerprint density at radius 1 is 1.25 bits per heavy atom. The second kappa shape index (κ2) is 5.65. The summed E-state index contributed by atoms with van der Waals surface area (Å²) in [6, 6.07) is 0. The van der Waals surface area contributed by atoms with Crippen LogP contribution in [0.3, 0.4) is 0 Å². The largest absolute Gasteiger partial charge is 0.478 e. The fourth-order valence-corrected chi connectivity index (χ4v) is 1.76. The third-order valence-electron chi connectivity index (χ3n) is 2.78. The molecule has 0 spiro atoms. The highest BCUT2D eigenvalue weighted by Gasteiger charge is 2.21. The maximum atomic E-state index is 11.8. The molecule has 0 bridgehead atoms. The first-order chi connectivity index (χ1) is 7.54. The van der Waals surface area contributed by atoms with E-state index in [-0.39, 0.29) is 11.5 Å². The van der Waals surface area contributed by atoms with Crippen LogP contribution in [0.5, 0.6) is 0 Å². The normalized spacial score (nSPS) is 18.6. The number of amides is 1. The number of nitrogens with zero attached hydrogens (tertiary/aromatic N) is 2. The van der Waals surface area contributed by atoms with Crippen LogP contribution in [0.1, 0.15) is 13.8 Å². The number of carboxylic acid groups (broad SMARTS) is 1. The summed E-state index contributed by atoms with van der Waals surface area (Å²) in [7, 11) is 0. The molecule has 1 fully saturated rings. The Bertz CT molecular complexity index is 304. The van der Waals surface area contributed by atoms with Gasteiger partial charge in [0.05, 0.1) is 0 Å². The van der Waals surface area contributed by atoms with E-state index in [2.05, 4.69) is 11.8 Å². The second-order valence-electron chi connectivity index (χ2n) is 3.89. The van der Waals surface area contributed by atoms with Crippen molar-refractivity contribution >= 4 is 11.9 Å². The zero-order valence-corrected chi connectivity index (χ0v) is 9.77. The first kappa shape index (κ1) is 12.7. The van der Waals surface area contributed by atoms with Crippen molar-refractivity contribution in [3.63, 3.8) is 0 Å². The number of hydrogen-bond acceptors (Lipinski definition) is 3. The SMILES string of the molecule is CCN1CCN(C(=O)/C(C)=C/C(=O)O)CC1. The summed E-state index contributed by atoms with van der Waals surface area (Å²) < 4.78 is 0. The van der Waals surface area contributed by atoms with Gasteiger partial charge in [-0.05, 0) is 13.5 Å². The van der Waals surface area contributed by atoms with Crippen LogP contribution in [0.2, 0.25) is 0 Å². The van der Waals surface area contributed by atoms with Crippen LogP contribution in [0, 0.1) is 0 Å². The highest BCUT2D eigenvalue weighted by Crippen LogP contribution is 2.06. The zero-order valence-electron chi connectivity index (χ0n) is 9.77. The summed E-state index contributed by atoms with van der Waals surface area (Å²) >= 11 is 0. The molecule has 16 heavy (non-hydrogen) atoms. The van der Waals surface area contributed by atoms with Crippen molar-refractivity contribution in [3.05, 3.63) is 11.6 Å². The molecule has 1 rings (SSSR count). The fourth-order valence-electron chi connectivity index (χ4n) is 1.76. The zero-order chi connectivity index (χ0) is 12.1. The fraction of sp³-hybridized carbons (Fsp3) is 0.636. The number of rotatable bonds is 3. The Kier molecular flexibility index (Phi) is 4.49. The van der Waals surface area contributed by atoms with E-state index in [4.69, 9.17) is 5.11 Å². The minimum Gasteiger partial charge on any atom is -0.478 e. The van der Waals surface area contributed by atoms with Crippen molar-refractivity contribution in [2.75, 3.05) is 32.7 Å².